The molecule has 1 N–H and O–H groups in total. The fourth-order valence-electron chi connectivity index (χ4n) is 5.93. The predicted molar refractivity (Wildman–Crippen MR) is 111 cm³/mol. The lowest BCUT2D eigenvalue weighted by atomic mass is 9.65. The Bertz CT molecular complexity index is 1070. The van der Waals surface area contributed by atoms with Gasteiger partial charge in [0.15, 0.2) is 17.3 Å². The highest BCUT2D eigenvalue weighted by atomic mass is 16.5. The summed E-state index contributed by atoms with van der Waals surface area (Å²) < 4.78 is 11.0. The second-order valence-electron chi connectivity index (χ2n) is 9.64. The molecule has 5 rings (SSSR count). The molecule has 3 aromatic rings. The van der Waals surface area contributed by atoms with Crippen LogP contribution in [0.4, 0.5) is 5.82 Å². The van der Waals surface area contributed by atoms with Crippen molar-refractivity contribution in [3.8, 4) is 11.5 Å². The molecule has 1 saturated heterocycles. The van der Waals surface area contributed by atoms with Gasteiger partial charge in [-0.05, 0) is 36.2 Å². The van der Waals surface area contributed by atoms with Crippen LogP contribution in [0.15, 0.2) is 18.5 Å². The topological polar surface area (TPSA) is 63.3 Å². The monoisotopic (exact) mass is 380 g/mol. The molecule has 3 heterocycles. The first-order valence-corrected chi connectivity index (χ1v) is 9.98. The van der Waals surface area contributed by atoms with E-state index in [1.165, 1.54) is 19.3 Å². The van der Waals surface area contributed by atoms with E-state index < -0.39 is 0 Å². The standard InChI is InChI=1S/C22H28N4O2/c1-21(2)8-13-9-22(3,10-21)11-26(13)20-19-18(23-12-24-20)14-6-16(27-4)17(28-5)7-15(14)25-19/h6-7,12-13,25H,8-11H2,1-5H3/t13-,22-/m1/s1. The molecular formula is C22H28N4O2. The highest BCUT2D eigenvalue weighted by molar-refractivity contribution is 6.09. The zero-order chi connectivity index (χ0) is 19.7. The molecular weight excluding hydrogens is 352 g/mol. The van der Waals surface area contributed by atoms with Gasteiger partial charge in [-0.3, -0.25) is 0 Å². The average Bonchev–Trinajstić information content (AvgIpc) is 3.12. The summed E-state index contributed by atoms with van der Waals surface area (Å²) in [6.07, 6.45) is 5.40. The first kappa shape index (κ1) is 17.6. The van der Waals surface area contributed by atoms with Crippen LogP contribution in [-0.2, 0) is 0 Å². The summed E-state index contributed by atoms with van der Waals surface area (Å²) in [7, 11) is 3.32. The van der Waals surface area contributed by atoms with Crippen LogP contribution in [0.1, 0.15) is 40.0 Å². The average molecular weight is 380 g/mol. The second kappa shape index (κ2) is 5.75. The van der Waals surface area contributed by atoms with Crippen LogP contribution in [0.25, 0.3) is 21.9 Å². The number of rotatable bonds is 3. The quantitative estimate of drug-likeness (QED) is 0.723. The van der Waals surface area contributed by atoms with Crippen LogP contribution in [0, 0.1) is 10.8 Å². The summed E-state index contributed by atoms with van der Waals surface area (Å²) in [5.74, 6) is 2.44. The summed E-state index contributed by atoms with van der Waals surface area (Å²) in [6, 6.07) is 4.51. The van der Waals surface area contributed by atoms with E-state index in [9.17, 15) is 0 Å². The van der Waals surface area contributed by atoms with E-state index in [1.807, 2.05) is 12.1 Å². The molecule has 0 amide bonds. The molecule has 2 atom stereocenters. The number of aromatic nitrogens is 3. The number of nitrogens with one attached hydrogen (secondary N) is 1. The number of hydrogen-bond acceptors (Lipinski definition) is 5. The molecule has 1 saturated carbocycles. The summed E-state index contributed by atoms with van der Waals surface area (Å²) in [6.45, 7) is 8.28. The van der Waals surface area contributed by atoms with Crippen molar-refractivity contribution in [3.05, 3.63) is 18.5 Å². The molecule has 2 aliphatic rings. The van der Waals surface area contributed by atoms with Crippen LogP contribution in [0.5, 0.6) is 11.5 Å². The number of fused-ring (bicyclic) bond motifs is 5. The number of aromatic amines is 1. The van der Waals surface area contributed by atoms with Gasteiger partial charge in [0, 0.05) is 24.0 Å². The Labute approximate surface area is 165 Å². The maximum atomic E-state index is 5.49. The minimum absolute atomic E-state index is 0.349. The molecule has 0 unspecified atom stereocenters. The van der Waals surface area contributed by atoms with Crippen LogP contribution in [0.3, 0.4) is 0 Å². The lowest BCUT2D eigenvalue weighted by Crippen LogP contribution is -2.35. The zero-order valence-corrected chi connectivity index (χ0v) is 17.3. The molecule has 1 aliphatic heterocycles. The van der Waals surface area contributed by atoms with Gasteiger partial charge in [-0.2, -0.15) is 0 Å². The molecule has 0 spiro atoms. The molecule has 0 radical (unpaired) electrons. The fourth-order valence-corrected chi connectivity index (χ4v) is 5.93. The van der Waals surface area contributed by atoms with Crippen LogP contribution < -0.4 is 14.4 Å². The van der Waals surface area contributed by atoms with E-state index >= 15 is 0 Å². The van der Waals surface area contributed by atoms with Gasteiger partial charge in [0.2, 0.25) is 0 Å². The SMILES string of the molecule is COc1cc2[nH]c3c(N4C[C@]5(C)C[C@H]4CC(C)(C)C5)ncnc3c2cc1OC. The van der Waals surface area contributed by atoms with Gasteiger partial charge in [0.25, 0.3) is 0 Å². The zero-order valence-electron chi connectivity index (χ0n) is 17.3. The number of nitrogens with zero attached hydrogens (tertiary/aromatic N) is 3. The van der Waals surface area contributed by atoms with Gasteiger partial charge in [0.05, 0.1) is 19.7 Å². The number of H-pyrrole nitrogens is 1. The number of benzene rings is 1. The first-order valence-electron chi connectivity index (χ1n) is 9.98. The van der Waals surface area contributed by atoms with Crippen molar-refractivity contribution in [1.82, 2.24) is 15.0 Å². The summed E-state index contributed by atoms with van der Waals surface area (Å²) in [4.78, 5) is 15.4. The van der Waals surface area contributed by atoms with Crippen molar-refractivity contribution in [2.24, 2.45) is 10.8 Å². The molecule has 1 aliphatic carbocycles. The van der Waals surface area contributed by atoms with Gasteiger partial charge < -0.3 is 19.4 Å². The Hall–Kier alpha value is -2.50. The second-order valence-corrected chi connectivity index (χ2v) is 9.64. The third-order valence-corrected chi connectivity index (χ3v) is 6.55. The molecule has 6 heteroatoms. The Kier molecular flexibility index (Phi) is 3.61. The highest BCUT2D eigenvalue weighted by Gasteiger charge is 2.50. The number of methoxy groups -OCH3 is 2. The van der Waals surface area contributed by atoms with Crippen LogP contribution in [-0.4, -0.2) is 41.8 Å². The van der Waals surface area contributed by atoms with Crippen molar-refractivity contribution >= 4 is 27.8 Å². The fraction of sp³-hybridized carbons (Fsp3) is 0.545. The molecule has 2 bridgehead atoms. The Morgan fingerprint density at radius 2 is 1.82 bits per heavy atom. The molecule has 2 aromatic heterocycles. The normalized spacial score (nSPS) is 26.2. The molecule has 28 heavy (non-hydrogen) atoms. The number of hydrogen-bond donors (Lipinski definition) is 1. The van der Waals surface area contributed by atoms with Crippen molar-refractivity contribution in [2.45, 2.75) is 46.1 Å². The van der Waals surface area contributed by atoms with E-state index in [-0.39, 0.29) is 0 Å². The smallest absolute Gasteiger partial charge is 0.162 e. The number of anilines is 1. The van der Waals surface area contributed by atoms with Gasteiger partial charge in [-0.25, -0.2) is 9.97 Å². The van der Waals surface area contributed by atoms with E-state index in [0.717, 1.165) is 34.3 Å². The number of ether oxygens (including phenoxy) is 2. The summed E-state index contributed by atoms with van der Waals surface area (Å²) in [5, 5.41) is 1.03. The minimum Gasteiger partial charge on any atom is -0.493 e. The highest BCUT2D eigenvalue weighted by Crippen LogP contribution is 2.53. The summed E-state index contributed by atoms with van der Waals surface area (Å²) in [5.41, 5.74) is 3.65. The molecule has 2 fully saturated rings. The van der Waals surface area contributed by atoms with Crippen LogP contribution in [0.2, 0.25) is 0 Å². The van der Waals surface area contributed by atoms with Gasteiger partial charge in [-0.1, -0.05) is 20.8 Å². The lowest BCUT2D eigenvalue weighted by molar-refractivity contribution is 0.136. The van der Waals surface area contributed by atoms with Gasteiger partial charge >= 0.3 is 0 Å². The summed E-state index contributed by atoms with van der Waals surface area (Å²) >= 11 is 0. The van der Waals surface area contributed by atoms with E-state index in [4.69, 9.17) is 14.5 Å². The van der Waals surface area contributed by atoms with Crippen molar-refractivity contribution in [2.75, 3.05) is 25.7 Å². The van der Waals surface area contributed by atoms with Crippen LogP contribution >= 0.6 is 0 Å². The third-order valence-electron chi connectivity index (χ3n) is 6.55. The molecule has 148 valence electrons. The first-order chi connectivity index (χ1) is 13.3. The van der Waals surface area contributed by atoms with E-state index in [0.29, 0.717) is 28.4 Å². The van der Waals surface area contributed by atoms with Gasteiger partial charge in [0.1, 0.15) is 17.4 Å². The minimum atomic E-state index is 0.349. The van der Waals surface area contributed by atoms with E-state index in [2.05, 4.69) is 35.6 Å². The lowest BCUT2D eigenvalue weighted by Gasteiger charge is -2.39. The third kappa shape index (κ3) is 2.54. The van der Waals surface area contributed by atoms with Crippen molar-refractivity contribution in [1.29, 1.82) is 0 Å². The Morgan fingerprint density at radius 1 is 1.07 bits per heavy atom. The maximum Gasteiger partial charge on any atom is 0.162 e. The Balaban J connectivity index is 1.67. The van der Waals surface area contributed by atoms with Crippen molar-refractivity contribution < 1.29 is 9.47 Å². The van der Waals surface area contributed by atoms with E-state index in [1.54, 1.807) is 20.5 Å². The molecule has 1 aromatic carbocycles. The maximum absolute atomic E-state index is 5.49. The largest absolute Gasteiger partial charge is 0.493 e. The Morgan fingerprint density at radius 3 is 2.57 bits per heavy atom. The van der Waals surface area contributed by atoms with Gasteiger partial charge in [-0.15, -0.1) is 0 Å². The van der Waals surface area contributed by atoms with Crippen molar-refractivity contribution in [3.63, 3.8) is 0 Å². The molecule has 6 nitrogen and oxygen atoms in total. The predicted octanol–water partition coefficient (Wildman–Crippen LogP) is 4.53.